The van der Waals surface area contributed by atoms with Crippen molar-refractivity contribution in [2.45, 2.75) is 36.5 Å². The maximum Gasteiger partial charge on any atom is 0.139 e. The van der Waals surface area contributed by atoms with Crippen LogP contribution in [0.4, 0.5) is 0 Å². The lowest BCUT2D eigenvalue weighted by molar-refractivity contribution is -0.938. The van der Waals surface area contributed by atoms with E-state index in [1.165, 1.54) is 0 Å². The summed E-state index contributed by atoms with van der Waals surface area (Å²) in [5.41, 5.74) is 1.79. The Morgan fingerprint density at radius 1 is 1.46 bits per heavy atom. The van der Waals surface area contributed by atoms with E-state index in [1.54, 1.807) is 6.07 Å². The number of hydrogen-bond donors (Lipinski definition) is 1. The standard InChI is InChI=1S/C20H23NO3/c1-3-9-21(2)10-8-20-13-4-5-16(23)19(20)24-17-7-6-15(22)12(18(17)20)11-14(13)21/h3-7,13-14,16,19,23H,1,8-11H2,2H3/t13-,14-,16-,19?,20+,21-/m0/s1. The molecule has 0 saturated carbocycles. The molecule has 4 heteroatoms. The number of piperidine rings is 1. The molecule has 5 rings (SSSR count). The molecule has 0 aromatic heterocycles. The van der Waals surface area contributed by atoms with Crippen LogP contribution < -0.4 is 9.84 Å². The fraction of sp³-hybridized carbons (Fsp3) is 0.500. The molecule has 0 radical (unpaired) electrons. The van der Waals surface area contributed by atoms with E-state index >= 15 is 0 Å². The number of hydrogen-bond acceptors (Lipinski definition) is 3. The van der Waals surface area contributed by atoms with Gasteiger partial charge in [-0.05, 0) is 17.7 Å². The van der Waals surface area contributed by atoms with E-state index in [9.17, 15) is 10.2 Å². The third-order valence-corrected chi connectivity index (χ3v) is 7.09. The Labute approximate surface area is 142 Å². The van der Waals surface area contributed by atoms with Crippen LogP contribution in [0.15, 0.2) is 36.9 Å². The zero-order valence-corrected chi connectivity index (χ0v) is 13.9. The average Bonchev–Trinajstić information content (AvgIpc) is 2.90. The maximum absolute atomic E-state index is 12.6. The van der Waals surface area contributed by atoms with Crippen molar-refractivity contribution >= 4 is 0 Å². The van der Waals surface area contributed by atoms with Crippen LogP contribution in [0.25, 0.3) is 0 Å². The van der Waals surface area contributed by atoms with Crippen molar-refractivity contribution in [3.05, 3.63) is 48.1 Å². The van der Waals surface area contributed by atoms with E-state index in [2.05, 4.69) is 19.7 Å². The molecule has 1 spiro atoms. The lowest BCUT2D eigenvalue weighted by Gasteiger charge is -2.60. The predicted octanol–water partition coefficient (Wildman–Crippen LogP) is 1.27. The molecule has 4 nitrogen and oxygen atoms in total. The molecule has 2 bridgehead atoms. The number of nitrogens with zero attached hydrogens (tertiary/aromatic N) is 1. The Morgan fingerprint density at radius 2 is 2.29 bits per heavy atom. The predicted molar refractivity (Wildman–Crippen MR) is 88.8 cm³/mol. The number of benzene rings is 1. The first kappa shape index (κ1) is 14.6. The van der Waals surface area contributed by atoms with Crippen LogP contribution in [0.5, 0.6) is 11.5 Å². The molecular formula is C20H23NO3. The second-order valence-corrected chi connectivity index (χ2v) is 8.09. The fourth-order valence-electron chi connectivity index (χ4n) is 6.02. The molecule has 24 heavy (non-hydrogen) atoms. The molecule has 1 fully saturated rings. The van der Waals surface area contributed by atoms with Crippen molar-refractivity contribution in [2.75, 3.05) is 20.1 Å². The van der Waals surface area contributed by atoms with Gasteiger partial charge in [0, 0.05) is 24.3 Å². The smallest absolute Gasteiger partial charge is 0.139 e. The van der Waals surface area contributed by atoms with Gasteiger partial charge in [-0.3, -0.25) is 0 Å². The summed E-state index contributed by atoms with van der Waals surface area (Å²) in [6, 6.07) is 3.78. The van der Waals surface area contributed by atoms with E-state index in [-0.39, 0.29) is 17.3 Å². The van der Waals surface area contributed by atoms with Gasteiger partial charge in [0.2, 0.25) is 0 Å². The third kappa shape index (κ3) is 1.47. The van der Waals surface area contributed by atoms with Gasteiger partial charge in [-0.15, -0.1) is 5.75 Å². The van der Waals surface area contributed by atoms with E-state index in [1.807, 2.05) is 18.2 Å². The van der Waals surface area contributed by atoms with Crippen molar-refractivity contribution in [2.24, 2.45) is 5.92 Å². The summed E-state index contributed by atoms with van der Waals surface area (Å²) in [5.74, 6) is 1.25. The minimum absolute atomic E-state index is 0.122. The highest BCUT2D eigenvalue weighted by Gasteiger charge is 2.67. The number of ether oxygens (including phenoxy) is 1. The summed E-state index contributed by atoms with van der Waals surface area (Å²) in [7, 11) is 2.28. The molecular weight excluding hydrogens is 302 g/mol. The van der Waals surface area contributed by atoms with Gasteiger partial charge in [-0.1, -0.05) is 24.8 Å². The molecule has 126 valence electrons. The van der Waals surface area contributed by atoms with Crippen LogP contribution in [0.3, 0.4) is 0 Å². The lowest BCUT2D eigenvalue weighted by atomic mass is 9.52. The van der Waals surface area contributed by atoms with Crippen molar-refractivity contribution in [3.8, 4) is 11.5 Å². The van der Waals surface area contributed by atoms with Gasteiger partial charge in [0.05, 0.1) is 25.6 Å². The number of likely N-dealkylation sites (tertiary alicyclic amines) is 1. The minimum Gasteiger partial charge on any atom is -0.872 e. The van der Waals surface area contributed by atoms with E-state index < -0.39 is 6.10 Å². The van der Waals surface area contributed by atoms with Gasteiger partial charge in [0.1, 0.15) is 24.0 Å². The highest BCUT2D eigenvalue weighted by Crippen LogP contribution is 2.62. The summed E-state index contributed by atoms with van der Waals surface area (Å²) in [6.45, 7) is 5.88. The van der Waals surface area contributed by atoms with Crippen molar-refractivity contribution in [3.63, 3.8) is 0 Å². The highest BCUT2D eigenvalue weighted by molar-refractivity contribution is 5.59. The Bertz CT molecular complexity index is 772. The van der Waals surface area contributed by atoms with Crippen molar-refractivity contribution in [1.82, 2.24) is 0 Å². The van der Waals surface area contributed by atoms with Gasteiger partial charge in [-0.25, -0.2) is 0 Å². The average molecular weight is 325 g/mol. The molecule has 1 aromatic carbocycles. The Morgan fingerprint density at radius 3 is 3.08 bits per heavy atom. The third-order valence-electron chi connectivity index (χ3n) is 7.09. The second kappa shape index (κ2) is 4.44. The van der Waals surface area contributed by atoms with Crippen LogP contribution in [-0.4, -0.2) is 48.0 Å². The number of quaternary nitrogens is 1. The number of aliphatic hydroxyl groups is 1. The van der Waals surface area contributed by atoms with Crippen LogP contribution in [-0.2, 0) is 11.8 Å². The highest BCUT2D eigenvalue weighted by atomic mass is 16.5. The first-order valence-corrected chi connectivity index (χ1v) is 8.83. The van der Waals surface area contributed by atoms with Crippen molar-refractivity contribution < 1.29 is 19.4 Å². The first-order valence-electron chi connectivity index (χ1n) is 8.83. The summed E-state index contributed by atoms with van der Waals surface area (Å²) in [6.07, 6.45) is 6.95. The van der Waals surface area contributed by atoms with Gasteiger partial charge >= 0.3 is 0 Å². The van der Waals surface area contributed by atoms with E-state index in [0.29, 0.717) is 12.0 Å². The monoisotopic (exact) mass is 325 g/mol. The van der Waals surface area contributed by atoms with Crippen LogP contribution in [0.2, 0.25) is 0 Å². The molecule has 1 saturated heterocycles. The minimum atomic E-state index is -0.605. The molecule has 4 aliphatic rings. The first-order chi connectivity index (χ1) is 11.5. The van der Waals surface area contributed by atoms with E-state index in [0.717, 1.165) is 47.3 Å². The maximum atomic E-state index is 12.6. The van der Waals surface area contributed by atoms with Crippen LogP contribution in [0, 0.1) is 5.92 Å². The quantitative estimate of drug-likeness (QED) is 0.658. The molecule has 1 unspecified atom stereocenters. The Balaban J connectivity index is 1.79. The van der Waals surface area contributed by atoms with E-state index in [4.69, 9.17) is 4.74 Å². The summed E-state index contributed by atoms with van der Waals surface area (Å²) >= 11 is 0. The van der Waals surface area contributed by atoms with Gasteiger partial charge < -0.3 is 19.4 Å². The molecule has 0 amide bonds. The van der Waals surface area contributed by atoms with Gasteiger partial charge in [0.15, 0.2) is 0 Å². The second-order valence-electron chi connectivity index (χ2n) is 8.09. The molecule has 2 aliphatic carbocycles. The number of rotatable bonds is 2. The number of likely N-dealkylation sites (N-methyl/N-ethyl adjacent to an activating group) is 1. The van der Waals surface area contributed by atoms with Gasteiger partial charge in [-0.2, -0.15) is 0 Å². The fourth-order valence-corrected chi connectivity index (χ4v) is 6.02. The molecule has 2 heterocycles. The molecule has 1 aromatic rings. The molecule has 1 N–H and O–H groups in total. The number of aliphatic hydroxyl groups excluding tert-OH is 1. The van der Waals surface area contributed by atoms with Crippen molar-refractivity contribution in [1.29, 1.82) is 0 Å². The SMILES string of the molecule is C=CC[N@@+]1(C)CC[C@]23c4c5ccc([O-])c4C[C@H]1[C@@H]2C=C[C@H](O)C3O5. The van der Waals surface area contributed by atoms with Crippen LogP contribution in [0.1, 0.15) is 17.5 Å². The Hall–Kier alpha value is -1.78. The van der Waals surface area contributed by atoms with Crippen LogP contribution >= 0.6 is 0 Å². The summed E-state index contributed by atoms with van der Waals surface area (Å²) in [4.78, 5) is 0. The lowest BCUT2D eigenvalue weighted by Crippen LogP contribution is -2.71. The van der Waals surface area contributed by atoms with Gasteiger partial charge in [0.25, 0.3) is 0 Å². The summed E-state index contributed by atoms with van der Waals surface area (Å²) < 4.78 is 7.12. The Kier molecular flexibility index (Phi) is 2.69. The topological polar surface area (TPSA) is 52.5 Å². The zero-order chi connectivity index (χ0) is 16.7. The summed E-state index contributed by atoms with van der Waals surface area (Å²) in [5, 5.41) is 23.2. The molecule has 6 atom stereocenters. The normalized spacial score (nSPS) is 43.9. The molecule has 2 aliphatic heterocycles. The largest absolute Gasteiger partial charge is 0.872 e. The zero-order valence-electron chi connectivity index (χ0n) is 13.9.